The summed E-state index contributed by atoms with van der Waals surface area (Å²) in [5, 5.41) is 9.03. The largest absolute Gasteiger partial charge is 0.478 e. The van der Waals surface area contributed by atoms with Crippen molar-refractivity contribution in [1.29, 1.82) is 0 Å². The zero-order valence-corrected chi connectivity index (χ0v) is 10.7. The summed E-state index contributed by atoms with van der Waals surface area (Å²) in [5.41, 5.74) is 0.931. The maximum atomic E-state index is 14.1. The van der Waals surface area contributed by atoms with Crippen LogP contribution in [0.3, 0.4) is 0 Å². The van der Waals surface area contributed by atoms with Crippen molar-refractivity contribution in [2.24, 2.45) is 0 Å². The van der Waals surface area contributed by atoms with Gasteiger partial charge in [0.15, 0.2) is 0 Å². The van der Waals surface area contributed by atoms with Crippen molar-refractivity contribution >= 4 is 17.0 Å². The van der Waals surface area contributed by atoms with Crippen molar-refractivity contribution in [3.63, 3.8) is 0 Å². The maximum Gasteiger partial charge on any atom is 0.335 e. The van der Waals surface area contributed by atoms with Gasteiger partial charge in [-0.25, -0.2) is 9.78 Å². The zero-order valence-electron chi connectivity index (χ0n) is 10.7. The van der Waals surface area contributed by atoms with Gasteiger partial charge in [0.05, 0.1) is 35.9 Å². The number of imidazole rings is 1. The van der Waals surface area contributed by atoms with Gasteiger partial charge < -0.3 is 14.6 Å². The van der Waals surface area contributed by atoms with Crippen LogP contribution in [0.4, 0.5) is 4.39 Å². The number of nitrogens with zero attached hydrogens (tertiary/aromatic N) is 2. The van der Waals surface area contributed by atoms with E-state index < -0.39 is 12.0 Å². The number of carbonyl (C=O) groups is 1. The molecule has 6 nitrogen and oxygen atoms in total. The lowest BCUT2D eigenvalue weighted by molar-refractivity contribution is 0.0672. The Morgan fingerprint density at radius 3 is 3.05 bits per heavy atom. The molecule has 0 unspecified atom stereocenters. The number of benzene rings is 1. The fourth-order valence-electron chi connectivity index (χ4n) is 2.50. The molecule has 0 amide bonds. The number of rotatable bonds is 3. The molecule has 3 rings (SSSR count). The van der Waals surface area contributed by atoms with Crippen LogP contribution in [0.5, 0.6) is 0 Å². The highest BCUT2D eigenvalue weighted by Crippen LogP contribution is 2.28. The molecule has 0 aliphatic carbocycles. The molecule has 7 heteroatoms. The first-order valence-corrected chi connectivity index (χ1v) is 6.13. The van der Waals surface area contributed by atoms with Crippen LogP contribution in [0.15, 0.2) is 18.2 Å². The first-order valence-electron chi connectivity index (χ1n) is 6.13. The number of fused-ring (bicyclic) bond motifs is 1. The molecule has 1 aliphatic heterocycles. The third kappa shape index (κ3) is 1.95. The Kier molecular flexibility index (Phi) is 3.15. The Morgan fingerprint density at radius 1 is 1.55 bits per heavy atom. The number of hydrogen-bond donors (Lipinski definition) is 1. The second-order valence-electron chi connectivity index (χ2n) is 4.64. The number of aromatic carboxylic acids is 1. The van der Waals surface area contributed by atoms with Crippen molar-refractivity contribution in [2.45, 2.75) is 12.1 Å². The Bertz CT molecular complexity index is 670. The Labute approximate surface area is 113 Å². The number of halogens is 1. The molecule has 0 radical (unpaired) electrons. The van der Waals surface area contributed by atoms with Crippen LogP contribution >= 0.6 is 0 Å². The van der Waals surface area contributed by atoms with Crippen LogP contribution in [0, 0.1) is 6.08 Å². The highest BCUT2D eigenvalue weighted by Gasteiger charge is 2.33. The van der Waals surface area contributed by atoms with E-state index in [0.29, 0.717) is 24.2 Å². The molecule has 2 aromatic rings. The molecule has 1 aliphatic rings. The third-order valence-electron chi connectivity index (χ3n) is 3.53. The van der Waals surface area contributed by atoms with E-state index in [1.54, 1.807) is 0 Å². The normalized spacial score (nSPS) is 22.5. The summed E-state index contributed by atoms with van der Waals surface area (Å²) in [4.78, 5) is 14.9. The average molecular weight is 280 g/mol. The van der Waals surface area contributed by atoms with E-state index in [2.05, 4.69) is 4.98 Å². The van der Waals surface area contributed by atoms with Crippen molar-refractivity contribution in [1.82, 2.24) is 9.55 Å². The summed E-state index contributed by atoms with van der Waals surface area (Å²) in [7, 11) is 1.53. The summed E-state index contributed by atoms with van der Waals surface area (Å²) in [6.45, 7) is 0.678. The summed E-state index contributed by atoms with van der Waals surface area (Å²) in [5.74, 6) is -1.06. The van der Waals surface area contributed by atoms with Crippen LogP contribution in [-0.4, -0.2) is 47.1 Å². The molecule has 20 heavy (non-hydrogen) atoms. The lowest BCUT2D eigenvalue weighted by Crippen LogP contribution is -2.25. The van der Waals surface area contributed by atoms with Gasteiger partial charge in [-0.3, -0.25) is 4.57 Å². The lowest BCUT2D eigenvalue weighted by Gasteiger charge is -2.18. The molecule has 1 N–H and O–H groups in total. The standard InChI is InChI=1S/C13H13FN2O4/c1-19-11-6-20-5-10(11)16-9-4-7(12(17)18)2-3-8(9)15-13(16)14/h2-4,10-11H,5-6H2,1H3,(H,17,18)/t10-,11+/m0/s1. The minimum absolute atomic E-state index is 0.0894. The van der Waals surface area contributed by atoms with Crippen LogP contribution < -0.4 is 0 Å². The Hall–Kier alpha value is -1.99. The minimum atomic E-state index is -1.06. The van der Waals surface area contributed by atoms with Gasteiger partial charge in [-0.05, 0) is 18.2 Å². The van der Waals surface area contributed by atoms with Crippen LogP contribution in [0.1, 0.15) is 16.4 Å². The number of ether oxygens (including phenoxy) is 2. The summed E-state index contributed by atoms with van der Waals surface area (Å²) in [6.07, 6.45) is -0.949. The smallest absolute Gasteiger partial charge is 0.335 e. The van der Waals surface area contributed by atoms with Crippen molar-refractivity contribution in [3.05, 3.63) is 29.8 Å². The van der Waals surface area contributed by atoms with E-state index >= 15 is 0 Å². The molecule has 1 aromatic heterocycles. The van der Waals surface area contributed by atoms with Gasteiger partial charge in [-0.1, -0.05) is 0 Å². The molecule has 2 heterocycles. The van der Waals surface area contributed by atoms with Crippen LogP contribution in [0.25, 0.3) is 11.0 Å². The van der Waals surface area contributed by atoms with E-state index in [1.165, 1.54) is 29.9 Å². The van der Waals surface area contributed by atoms with Gasteiger partial charge in [-0.2, -0.15) is 4.39 Å². The number of hydrogen-bond acceptors (Lipinski definition) is 4. The summed E-state index contributed by atoms with van der Waals surface area (Å²) < 4.78 is 26.0. The predicted octanol–water partition coefficient (Wildman–Crippen LogP) is 1.46. The molecule has 0 saturated carbocycles. The quantitative estimate of drug-likeness (QED) is 0.921. The number of carboxylic acid groups (broad SMARTS) is 1. The van der Waals surface area contributed by atoms with Crippen LogP contribution in [-0.2, 0) is 9.47 Å². The number of aromatic nitrogens is 2. The summed E-state index contributed by atoms with van der Waals surface area (Å²) in [6, 6.07) is 3.96. The SMILES string of the molecule is CO[C@@H]1COC[C@@H]1n1c(F)nc2ccc(C(=O)O)cc21. The van der Waals surface area contributed by atoms with Gasteiger partial charge in [0.1, 0.15) is 6.10 Å². The van der Waals surface area contributed by atoms with E-state index in [9.17, 15) is 9.18 Å². The minimum Gasteiger partial charge on any atom is -0.478 e. The zero-order chi connectivity index (χ0) is 14.3. The van der Waals surface area contributed by atoms with Crippen molar-refractivity contribution in [3.8, 4) is 0 Å². The predicted molar refractivity (Wildman–Crippen MR) is 67.3 cm³/mol. The first kappa shape index (κ1) is 13.0. The first-order chi connectivity index (χ1) is 9.61. The van der Waals surface area contributed by atoms with Crippen LogP contribution in [0.2, 0.25) is 0 Å². The molecule has 1 fully saturated rings. The molecule has 106 valence electrons. The fraction of sp³-hybridized carbons (Fsp3) is 0.385. The van der Waals surface area contributed by atoms with Gasteiger partial charge in [0.25, 0.3) is 6.08 Å². The van der Waals surface area contributed by atoms with Crippen molar-refractivity contribution in [2.75, 3.05) is 20.3 Å². The Morgan fingerprint density at radius 2 is 2.35 bits per heavy atom. The second-order valence-corrected chi connectivity index (χ2v) is 4.64. The highest BCUT2D eigenvalue weighted by molar-refractivity contribution is 5.92. The Balaban J connectivity index is 2.15. The molecule has 2 atom stereocenters. The fourth-order valence-corrected chi connectivity index (χ4v) is 2.50. The van der Waals surface area contributed by atoms with Gasteiger partial charge >= 0.3 is 5.97 Å². The topological polar surface area (TPSA) is 73.6 Å². The molecule has 1 saturated heterocycles. The van der Waals surface area contributed by atoms with E-state index in [4.69, 9.17) is 14.6 Å². The summed E-state index contributed by atoms with van der Waals surface area (Å²) >= 11 is 0. The monoisotopic (exact) mass is 280 g/mol. The van der Waals surface area contributed by atoms with Gasteiger partial charge in [0, 0.05) is 7.11 Å². The second kappa shape index (κ2) is 4.84. The average Bonchev–Trinajstić information content (AvgIpc) is 2.99. The maximum absolute atomic E-state index is 14.1. The van der Waals surface area contributed by atoms with E-state index in [1.807, 2.05) is 0 Å². The lowest BCUT2D eigenvalue weighted by atomic mass is 10.1. The molecule has 1 aromatic carbocycles. The molecule has 0 bridgehead atoms. The van der Waals surface area contributed by atoms with Crippen molar-refractivity contribution < 1.29 is 23.8 Å². The van der Waals surface area contributed by atoms with E-state index in [0.717, 1.165) is 0 Å². The molecule has 0 spiro atoms. The van der Waals surface area contributed by atoms with Gasteiger partial charge in [-0.15, -0.1) is 0 Å². The van der Waals surface area contributed by atoms with Gasteiger partial charge in [0.2, 0.25) is 0 Å². The number of methoxy groups -OCH3 is 1. The highest BCUT2D eigenvalue weighted by atomic mass is 19.1. The van der Waals surface area contributed by atoms with E-state index in [-0.39, 0.29) is 17.7 Å². The molecular weight excluding hydrogens is 267 g/mol. The third-order valence-corrected chi connectivity index (χ3v) is 3.53. The molecular formula is C13H13FN2O4. The number of carboxylic acids is 1.